The molecule has 0 unspecified atom stereocenters. The molecule has 78 valence electrons. The number of carbonyl (C=O) groups is 1. The van der Waals surface area contributed by atoms with Crippen molar-refractivity contribution in [3.8, 4) is 11.8 Å². The molecule has 4 heteroatoms. The Kier molecular flexibility index (Phi) is 4.85. The maximum atomic E-state index is 11.4. The molecule has 0 fully saturated rings. The second-order valence-electron chi connectivity index (χ2n) is 2.62. The third-order valence-corrected chi connectivity index (χ3v) is 1.83. The smallest absolute Gasteiger partial charge is 0.339 e. The minimum Gasteiger partial charge on any atom is -0.462 e. The van der Waals surface area contributed by atoms with Crippen molar-refractivity contribution in [3.05, 3.63) is 29.6 Å². The van der Waals surface area contributed by atoms with Crippen molar-refractivity contribution in [2.45, 2.75) is 6.92 Å². The summed E-state index contributed by atoms with van der Waals surface area (Å²) in [5.41, 5.74) is 1.14. The van der Waals surface area contributed by atoms with Crippen molar-refractivity contribution in [1.82, 2.24) is 4.98 Å². The average Bonchev–Trinajstić information content (AvgIpc) is 2.27. The normalized spacial score (nSPS) is 8.93. The van der Waals surface area contributed by atoms with Crippen LogP contribution in [0.15, 0.2) is 18.5 Å². The highest BCUT2D eigenvalue weighted by Gasteiger charge is 2.06. The highest BCUT2D eigenvalue weighted by Crippen LogP contribution is 2.03. The van der Waals surface area contributed by atoms with Crippen molar-refractivity contribution >= 4 is 21.9 Å². The van der Waals surface area contributed by atoms with Crippen LogP contribution in [0.1, 0.15) is 22.8 Å². The van der Waals surface area contributed by atoms with Gasteiger partial charge in [-0.3, -0.25) is 4.98 Å². The van der Waals surface area contributed by atoms with E-state index in [2.05, 4.69) is 32.8 Å². The number of alkyl halides is 1. The van der Waals surface area contributed by atoms with Crippen LogP contribution < -0.4 is 0 Å². The van der Waals surface area contributed by atoms with Gasteiger partial charge < -0.3 is 4.74 Å². The van der Waals surface area contributed by atoms with E-state index >= 15 is 0 Å². The molecule has 1 aromatic rings. The Morgan fingerprint density at radius 2 is 2.40 bits per heavy atom. The molecule has 0 radical (unpaired) electrons. The molecule has 1 rings (SSSR count). The predicted molar refractivity (Wildman–Crippen MR) is 60.9 cm³/mol. The van der Waals surface area contributed by atoms with Crippen LogP contribution in [0, 0.1) is 11.8 Å². The van der Waals surface area contributed by atoms with E-state index in [-0.39, 0.29) is 5.97 Å². The second-order valence-corrected chi connectivity index (χ2v) is 3.18. The van der Waals surface area contributed by atoms with E-state index in [9.17, 15) is 4.79 Å². The summed E-state index contributed by atoms with van der Waals surface area (Å²) in [7, 11) is 0. The van der Waals surface area contributed by atoms with E-state index in [1.807, 2.05) is 0 Å². The Balaban J connectivity index is 2.87. The Bertz CT molecular complexity index is 407. The van der Waals surface area contributed by atoms with Crippen molar-refractivity contribution in [3.63, 3.8) is 0 Å². The lowest BCUT2D eigenvalue weighted by Crippen LogP contribution is -2.05. The van der Waals surface area contributed by atoms with Gasteiger partial charge in [-0.15, -0.1) is 0 Å². The van der Waals surface area contributed by atoms with E-state index in [4.69, 9.17) is 4.74 Å². The van der Waals surface area contributed by atoms with Gasteiger partial charge in [-0.1, -0.05) is 27.8 Å². The fourth-order valence-electron chi connectivity index (χ4n) is 0.970. The van der Waals surface area contributed by atoms with Crippen LogP contribution in [0.25, 0.3) is 0 Å². The number of esters is 1. The molecule has 0 saturated carbocycles. The number of rotatable bonds is 2. The van der Waals surface area contributed by atoms with Crippen LogP contribution in [0.4, 0.5) is 0 Å². The quantitative estimate of drug-likeness (QED) is 0.468. The van der Waals surface area contributed by atoms with Crippen LogP contribution in [0.3, 0.4) is 0 Å². The summed E-state index contributed by atoms with van der Waals surface area (Å²) in [6, 6.07) is 1.67. The number of hydrogen-bond acceptors (Lipinski definition) is 3. The zero-order chi connectivity index (χ0) is 11.1. The third-order valence-electron chi connectivity index (χ3n) is 1.55. The van der Waals surface area contributed by atoms with Crippen molar-refractivity contribution in [2.75, 3.05) is 11.9 Å². The Morgan fingerprint density at radius 3 is 3.07 bits per heavy atom. The first-order valence-corrected chi connectivity index (χ1v) is 5.57. The van der Waals surface area contributed by atoms with Crippen LogP contribution in [-0.2, 0) is 4.74 Å². The minimum atomic E-state index is -0.368. The van der Waals surface area contributed by atoms with E-state index in [0.717, 1.165) is 0 Å². The van der Waals surface area contributed by atoms with Gasteiger partial charge >= 0.3 is 5.97 Å². The molecule has 0 amide bonds. The monoisotopic (exact) mass is 267 g/mol. The molecule has 0 atom stereocenters. The zero-order valence-electron chi connectivity index (χ0n) is 8.29. The fraction of sp³-hybridized carbons (Fsp3) is 0.273. The average molecular weight is 268 g/mol. The number of hydrogen-bond donors (Lipinski definition) is 0. The largest absolute Gasteiger partial charge is 0.462 e. The molecule has 0 bridgehead atoms. The van der Waals surface area contributed by atoms with Gasteiger partial charge in [0.2, 0.25) is 0 Å². The summed E-state index contributed by atoms with van der Waals surface area (Å²) in [4.78, 5) is 15.3. The van der Waals surface area contributed by atoms with Gasteiger partial charge in [-0.05, 0) is 13.0 Å². The molecule has 0 aromatic carbocycles. The highest BCUT2D eigenvalue weighted by molar-refractivity contribution is 9.09. The zero-order valence-corrected chi connectivity index (χ0v) is 9.87. The van der Waals surface area contributed by atoms with E-state index < -0.39 is 0 Å². The highest BCUT2D eigenvalue weighted by atomic mass is 79.9. The summed E-state index contributed by atoms with van der Waals surface area (Å²) in [5.74, 6) is 5.33. The number of nitrogens with zero attached hydrogens (tertiary/aromatic N) is 1. The van der Waals surface area contributed by atoms with Crippen LogP contribution in [0.5, 0.6) is 0 Å². The van der Waals surface area contributed by atoms with Gasteiger partial charge in [0.15, 0.2) is 0 Å². The number of carbonyl (C=O) groups excluding carboxylic acids is 1. The fourth-order valence-corrected chi connectivity index (χ4v) is 1.11. The lowest BCUT2D eigenvalue weighted by atomic mass is 10.2. The Labute approximate surface area is 97.0 Å². The minimum absolute atomic E-state index is 0.357. The molecule has 0 saturated heterocycles. The van der Waals surface area contributed by atoms with Gasteiger partial charge in [0.1, 0.15) is 0 Å². The lowest BCUT2D eigenvalue weighted by molar-refractivity contribution is 0.0526. The molecule has 0 spiro atoms. The first-order valence-electron chi connectivity index (χ1n) is 4.45. The number of halogens is 1. The summed E-state index contributed by atoms with van der Waals surface area (Å²) < 4.78 is 4.85. The topological polar surface area (TPSA) is 39.2 Å². The summed E-state index contributed by atoms with van der Waals surface area (Å²) in [6.07, 6.45) is 3.08. The first-order chi connectivity index (χ1) is 7.27. The molecular formula is C11H10BrNO2. The van der Waals surface area contributed by atoms with Gasteiger partial charge in [-0.2, -0.15) is 0 Å². The van der Waals surface area contributed by atoms with Gasteiger partial charge in [-0.25, -0.2) is 4.79 Å². The van der Waals surface area contributed by atoms with Gasteiger partial charge in [0, 0.05) is 18.0 Å². The molecule has 0 aliphatic carbocycles. The summed E-state index contributed by atoms with van der Waals surface area (Å²) >= 11 is 3.19. The standard InChI is InChI=1S/C11H10BrNO2/c1-2-15-11(14)10-6-9(4-3-5-12)7-13-8-10/h6-8H,2,5H2,1H3. The number of pyridine rings is 1. The molecule has 0 N–H and O–H groups in total. The molecule has 15 heavy (non-hydrogen) atoms. The van der Waals surface area contributed by atoms with Crippen molar-refractivity contribution < 1.29 is 9.53 Å². The summed E-state index contributed by atoms with van der Waals surface area (Å²) in [6.45, 7) is 2.12. The van der Waals surface area contributed by atoms with Crippen molar-refractivity contribution in [1.29, 1.82) is 0 Å². The van der Waals surface area contributed by atoms with E-state index in [1.54, 1.807) is 19.2 Å². The Morgan fingerprint density at radius 1 is 1.60 bits per heavy atom. The molecule has 1 heterocycles. The molecule has 0 aliphatic rings. The first kappa shape index (κ1) is 11.7. The van der Waals surface area contributed by atoms with Crippen LogP contribution >= 0.6 is 15.9 Å². The lowest BCUT2D eigenvalue weighted by Gasteiger charge is -2.00. The van der Waals surface area contributed by atoms with E-state index in [1.165, 1.54) is 6.20 Å². The van der Waals surface area contributed by atoms with E-state index in [0.29, 0.717) is 23.1 Å². The molecular weight excluding hydrogens is 258 g/mol. The Hall–Kier alpha value is -1.34. The van der Waals surface area contributed by atoms with Crippen LogP contribution in [-0.4, -0.2) is 22.9 Å². The van der Waals surface area contributed by atoms with Crippen LogP contribution in [0.2, 0.25) is 0 Å². The molecule has 3 nitrogen and oxygen atoms in total. The van der Waals surface area contributed by atoms with Gasteiger partial charge in [0.25, 0.3) is 0 Å². The summed E-state index contributed by atoms with van der Waals surface area (Å²) in [5, 5.41) is 0.594. The molecule has 1 aromatic heterocycles. The van der Waals surface area contributed by atoms with Crippen molar-refractivity contribution in [2.24, 2.45) is 0 Å². The maximum Gasteiger partial charge on any atom is 0.339 e. The SMILES string of the molecule is CCOC(=O)c1cncc(C#CCBr)c1. The second kappa shape index (κ2) is 6.20. The number of aromatic nitrogens is 1. The number of ether oxygens (including phenoxy) is 1. The predicted octanol–water partition coefficient (Wildman–Crippen LogP) is 2.00. The third kappa shape index (κ3) is 3.72. The molecule has 0 aliphatic heterocycles. The maximum absolute atomic E-state index is 11.4. The van der Waals surface area contributed by atoms with Gasteiger partial charge in [0.05, 0.1) is 17.5 Å².